The van der Waals surface area contributed by atoms with E-state index in [9.17, 15) is 4.79 Å². The molecule has 0 spiro atoms. The van der Waals surface area contributed by atoms with Crippen LogP contribution in [0.2, 0.25) is 0 Å². The quantitative estimate of drug-likeness (QED) is 0.793. The molecule has 1 N–H and O–H groups in total. The molecule has 1 aliphatic heterocycles. The number of carbonyl (C=O) groups is 1. The SMILES string of the molecule is CC(C)c1cccc(OCC(=O)NC2CCOc3ccc(Br)cc32)c1. The molecular formula is C20H22BrNO3. The number of carbonyl (C=O) groups excluding carboxylic acids is 1. The van der Waals surface area contributed by atoms with E-state index in [1.54, 1.807) is 0 Å². The van der Waals surface area contributed by atoms with Gasteiger partial charge in [-0.2, -0.15) is 0 Å². The van der Waals surface area contributed by atoms with Crippen LogP contribution < -0.4 is 14.8 Å². The summed E-state index contributed by atoms with van der Waals surface area (Å²) in [5, 5.41) is 3.05. The number of hydrogen-bond donors (Lipinski definition) is 1. The normalized spacial score (nSPS) is 16.1. The summed E-state index contributed by atoms with van der Waals surface area (Å²) < 4.78 is 12.3. The number of nitrogens with one attached hydrogen (secondary N) is 1. The van der Waals surface area contributed by atoms with Crippen LogP contribution in [0.1, 0.15) is 43.4 Å². The summed E-state index contributed by atoms with van der Waals surface area (Å²) in [4.78, 5) is 12.3. The van der Waals surface area contributed by atoms with Crippen molar-refractivity contribution in [1.82, 2.24) is 5.32 Å². The van der Waals surface area contributed by atoms with Crippen LogP contribution in [0.4, 0.5) is 0 Å². The van der Waals surface area contributed by atoms with Crippen LogP contribution in [0, 0.1) is 0 Å². The summed E-state index contributed by atoms with van der Waals surface area (Å²) in [5.41, 5.74) is 2.19. The van der Waals surface area contributed by atoms with Gasteiger partial charge in [0.2, 0.25) is 0 Å². The van der Waals surface area contributed by atoms with Crippen molar-refractivity contribution in [3.63, 3.8) is 0 Å². The number of halogens is 1. The van der Waals surface area contributed by atoms with Gasteiger partial charge in [0.25, 0.3) is 5.91 Å². The van der Waals surface area contributed by atoms with E-state index in [0.29, 0.717) is 12.5 Å². The molecule has 1 amide bonds. The zero-order valence-electron chi connectivity index (χ0n) is 14.4. The van der Waals surface area contributed by atoms with Gasteiger partial charge < -0.3 is 14.8 Å². The summed E-state index contributed by atoms with van der Waals surface area (Å²) in [7, 11) is 0. The van der Waals surface area contributed by atoms with Crippen molar-refractivity contribution in [3.05, 3.63) is 58.1 Å². The minimum Gasteiger partial charge on any atom is -0.493 e. The van der Waals surface area contributed by atoms with E-state index in [-0.39, 0.29) is 18.6 Å². The first-order valence-corrected chi connectivity index (χ1v) is 9.26. The lowest BCUT2D eigenvalue weighted by molar-refractivity contribution is -0.124. The lowest BCUT2D eigenvalue weighted by Crippen LogP contribution is -2.35. The minimum atomic E-state index is -0.132. The Balaban J connectivity index is 1.61. The fourth-order valence-electron chi connectivity index (χ4n) is 2.86. The van der Waals surface area contributed by atoms with Crippen molar-refractivity contribution in [3.8, 4) is 11.5 Å². The van der Waals surface area contributed by atoms with Gasteiger partial charge in [0.15, 0.2) is 6.61 Å². The minimum absolute atomic E-state index is 0.00222. The number of benzene rings is 2. The lowest BCUT2D eigenvalue weighted by atomic mass is 10.0. The number of hydrogen-bond acceptors (Lipinski definition) is 3. The van der Waals surface area contributed by atoms with E-state index in [4.69, 9.17) is 9.47 Å². The number of fused-ring (bicyclic) bond motifs is 1. The molecule has 1 aliphatic rings. The monoisotopic (exact) mass is 403 g/mol. The van der Waals surface area contributed by atoms with Crippen LogP contribution in [0.15, 0.2) is 46.9 Å². The van der Waals surface area contributed by atoms with Gasteiger partial charge in [0, 0.05) is 16.5 Å². The van der Waals surface area contributed by atoms with Crippen molar-refractivity contribution in [1.29, 1.82) is 0 Å². The topological polar surface area (TPSA) is 47.6 Å². The Hall–Kier alpha value is -2.01. The Labute approximate surface area is 156 Å². The molecule has 5 heteroatoms. The molecule has 1 unspecified atom stereocenters. The lowest BCUT2D eigenvalue weighted by Gasteiger charge is -2.27. The molecule has 0 aliphatic carbocycles. The van der Waals surface area contributed by atoms with E-state index in [1.165, 1.54) is 5.56 Å². The van der Waals surface area contributed by atoms with Crippen LogP contribution in [0.5, 0.6) is 11.5 Å². The summed E-state index contributed by atoms with van der Waals surface area (Å²) in [6, 6.07) is 13.7. The molecule has 1 atom stereocenters. The largest absolute Gasteiger partial charge is 0.493 e. The molecule has 0 saturated heterocycles. The molecule has 25 heavy (non-hydrogen) atoms. The first kappa shape index (κ1) is 17.8. The summed E-state index contributed by atoms with van der Waals surface area (Å²) >= 11 is 3.47. The second-order valence-electron chi connectivity index (χ2n) is 6.46. The number of rotatable bonds is 5. The first-order chi connectivity index (χ1) is 12.0. The predicted molar refractivity (Wildman–Crippen MR) is 101 cm³/mol. The van der Waals surface area contributed by atoms with Gasteiger partial charge in [-0.1, -0.05) is 41.9 Å². The van der Waals surface area contributed by atoms with Crippen LogP contribution in [0.25, 0.3) is 0 Å². The van der Waals surface area contributed by atoms with Gasteiger partial charge in [-0.05, 0) is 41.8 Å². The maximum atomic E-state index is 12.3. The van der Waals surface area contributed by atoms with E-state index in [2.05, 4.69) is 41.2 Å². The van der Waals surface area contributed by atoms with Crippen molar-refractivity contribution in [2.24, 2.45) is 0 Å². The Morgan fingerprint density at radius 2 is 2.16 bits per heavy atom. The average molecular weight is 404 g/mol. The molecule has 0 aromatic heterocycles. The van der Waals surface area contributed by atoms with Crippen molar-refractivity contribution in [2.75, 3.05) is 13.2 Å². The smallest absolute Gasteiger partial charge is 0.258 e. The fraction of sp³-hybridized carbons (Fsp3) is 0.350. The highest BCUT2D eigenvalue weighted by molar-refractivity contribution is 9.10. The number of ether oxygens (including phenoxy) is 2. The average Bonchev–Trinajstić information content (AvgIpc) is 2.61. The maximum absolute atomic E-state index is 12.3. The Morgan fingerprint density at radius 3 is 2.96 bits per heavy atom. The Morgan fingerprint density at radius 1 is 1.32 bits per heavy atom. The van der Waals surface area contributed by atoms with Crippen LogP contribution >= 0.6 is 15.9 Å². The third-order valence-corrected chi connectivity index (χ3v) is 4.73. The third kappa shape index (κ3) is 4.54. The van der Waals surface area contributed by atoms with Gasteiger partial charge in [0.1, 0.15) is 11.5 Å². The van der Waals surface area contributed by atoms with Gasteiger partial charge in [0.05, 0.1) is 12.6 Å². The first-order valence-electron chi connectivity index (χ1n) is 8.47. The molecular weight excluding hydrogens is 382 g/mol. The predicted octanol–water partition coefficient (Wildman–Crippen LogP) is 4.59. The molecule has 0 bridgehead atoms. The molecule has 0 radical (unpaired) electrons. The fourth-order valence-corrected chi connectivity index (χ4v) is 3.24. The van der Waals surface area contributed by atoms with Gasteiger partial charge in [-0.15, -0.1) is 0 Å². The van der Waals surface area contributed by atoms with Crippen molar-refractivity contribution < 1.29 is 14.3 Å². The highest BCUT2D eigenvalue weighted by Gasteiger charge is 2.23. The molecule has 4 nitrogen and oxygen atoms in total. The zero-order valence-corrected chi connectivity index (χ0v) is 16.0. The second kappa shape index (κ2) is 7.91. The van der Waals surface area contributed by atoms with Crippen LogP contribution in [-0.4, -0.2) is 19.1 Å². The Kier molecular flexibility index (Phi) is 5.63. The summed E-state index contributed by atoms with van der Waals surface area (Å²) in [6.45, 7) is 4.86. The highest BCUT2D eigenvalue weighted by Crippen LogP contribution is 2.34. The van der Waals surface area contributed by atoms with E-state index in [0.717, 1.165) is 28.0 Å². The van der Waals surface area contributed by atoms with Crippen molar-refractivity contribution >= 4 is 21.8 Å². The number of amides is 1. The molecule has 2 aromatic rings. The summed E-state index contributed by atoms with van der Waals surface area (Å²) in [6.07, 6.45) is 0.748. The Bertz CT molecular complexity index is 760. The van der Waals surface area contributed by atoms with Gasteiger partial charge in [-0.3, -0.25) is 4.79 Å². The third-order valence-electron chi connectivity index (χ3n) is 4.24. The highest BCUT2D eigenvalue weighted by atomic mass is 79.9. The molecule has 0 saturated carbocycles. The molecule has 2 aromatic carbocycles. The second-order valence-corrected chi connectivity index (χ2v) is 7.37. The van der Waals surface area contributed by atoms with E-state index >= 15 is 0 Å². The molecule has 3 rings (SSSR count). The van der Waals surface area contributed by atoms with E-state index in [1.807, 2.05) is 36.4 Å². The van der Waals surface area contributed by atoms with E-state index < -0.39 is 0 Å². The van der Waals surface area contributed by atoms with Crippen LogP contribution in [0.3, 0.4) is 0 Å². The molecule has 0 fully saturated rings. The maximum Gasteiger partial charge on any atom is 0.258 e. The standard InChI is InChI=1S/C20H22BrNO3/c1-13(2)14-4-3-5-16(10-14)25-12-20(23)22-18-8-9-24-19-7-6-15(21)11-17(18)19/h3-7,10-11,13,18H,8-9,12H2,1-2H3,(H,22,23). The molecule has 132 valence electrons. The summed E-state index contributed by atoms with van der Waals surface area (Å²) in [5.74, 6) is 1.84. The van der Waals surface area contributed by atoms with Gasteiger partial charge >= 0.3 is 0 Å². The zero-order chi connectivity index (χ0) is 17.8. The van der Waals surface area contributed by atoms with Crippen molar-refractivity contribution in [2.45, 2.75) is 32.2 Å². The van der Waals surface area contributed by atoms with Crippen LogP contribution in [-0.2, 0) is 4.79 Å². The molecule has 1 heterocycles. The van der Waals surface area contributed by atoms with Gasteiger partial charge in [-0.25, -0.2) is 0 Å².